The van der Waals surface area contributed by atoms with Gasteiger partial charge in [-0.1, -0.05) is 24.3 Å². The SMILES string of the molecule is C[C@@H](Oc1cccc(-c2cccc(C3OCCO3)c2)n1)C1CCCN1. The number of ether oxygens (including phenoxy) is 3. The van der Waals surface area contributed by atoms with E-state index in [1.54, 1.807) is 0 Å². The standard InChI is InChI=1S/C20H24N2O3/c1-14(17-8-4-10-21-17)25-19-9-3-7-18(22-19)15-5-2-6-16(13-15)20-23-11-12-24-20/h2-3,5-7,9,13-14,17,20-21H,4,8,10-12H2,1H3/t14-,17?/m1/s1. The Bertz CT molecular complexity index is 710. The zero-order valence-corrected chi connectivity index (χ0v) is 14.5. The fraction of sp³-hybridized carbons (Fsp3) is 0.450. The van der Waals surface area contributed by atoms with Crippen LogP contribution in [0.15, 0.2) is 42.5 Å². The molecule has 2 aliphatic heterocycles. The maximum atomic E-state index is 6.07. The molecule has 0 aliphatic carbocycles. The minimum atomic E-state index is -0.271. The highest BCUT2D eigenvalue weighted by Gasteiger charge is 2.23. The van der Waals surface area contributed by atoms with Crippen molar-refractivity contribution < 1.29 is 14.2 Å². The van der Waals surface area contributed by atoms with Gasteiger partial charge in [0.25, 0.3) is 0 Å². The van der Waals surface area contributed by atoms with Crippen LogP contribution in [0.1, 0.15) is 31.6 Å². The number of aromatic nitrogens is 1. The van der Waals surface area contributed by atoms with Gasteiger partial charge >= 0.3 is 0 Å². The molecule has 0 spiro atoms. The van der Waals surface area contributed by atoms with Crippen molar-refractivity contribution in [2.24, 2.45) is 0 Å². The van der Waals surface area contributed by atoms with Crippen LogP contribution in [0.5, 0.6) is 5.88 Å². The monoisotopic (exact) mass is 340 g/mol. The van der Waals surface area contributed by atoms with Gasteiger partial charge in [0, 0.05) is 23.2 Å². The van der Waals surface area contributed by atoms with E-state index < -0.39 is 0 Å². The van der Waals surface area contributed by atoms with Crippen LogP contribution in [0.25, 0.3) is 11.3 Å². The van der Waals surface area contributed by atoms with E-state index in [9.17, 15) is 0 Å². The Labute approximate surface area is 148 Å². The maximum absolute atomic E-state index is 6.07. The van der Waals surface area contributed by atoms with Gasteiger partial charge in [-0.2, -0.15) is 0 Å². The van der Waals surface area contributed by atoms with E-state index in [0.717, 1.165) is 29.8 Å². The van der Waals surface area contributed by atoms with Crippen molar-refractivity contribution in [3.63, 3.8) is 0 Å². The van der Waals surface area contributed by atoms with Crippen LogP contribution in [0.3, 0.4) is 0 Å². The zero-order valence-electron chi connectivity index (χ0n) is 14.5. The van der Waals surface area contributed by atoms with E-state index in [2.05, 4.69) is 18.3 Å². The second kappa shape index (κ2) is 7.52. The molecule has 1 unspecified atom stereocenters. The first kappa shape index (κ1) is 16.5. The van der Waals surface area contributed by atoms with Crippen molar-refractivity contribution in [1.82, 2.24) is 10.3 Å². The highest BCUT2D eigenvalue weighted by molar-refractivity contribution is 5.60. The average Bonchev–Trinajstić information content (AvgIpc) is 3.36. The van der Waals surface area contributed by atoms with Gasteiger partial charge in [0.1, 0.15) is 6.10 Å². The molecule has 3 heterocycles. The maximum Gasteiger partial charge on any atom is 0.214 e. The van der Waals surface area contributed by atoms with Crippen LogP contribution in [0.2, 0.25) is 0 Å². The molecule has 2 aliphatic rings. The number of benzene rings is 1. The summed E-state index contributed by atoms with van der Waals surface area (Å²) in [6, 6.07) is 14.5. The molecule has 132 valence electrons. The van der Waals surface area contributed by atoms with Gasteiger partial charge in [-0.25, -0.2) is 4.98 Å². The molecule has 2 fully saturated rings. The summed E-state index contributed by atoms with van der Waals surface area (Å²) in [6.45, 7) is 4.46. The molecule has 1 N–H and O–H groups in total. The molecule has 2 atom stereocenters. The van der Waals surface area contributed by atoms with Crippen molar-refractivity contribution in [2.75, 3.05) is 19.8 Å². The van der Waals surface area contributed by atoms with Gasteiger partial charge in [-0.3, -0.25) is 0 Å². The number of nitrogens with zero attached hydrogens (tertiary/aromatic N) is 1. The summed E-state index contributed by atoms with van der Waals surface area (Å²) in [6.07, 6.45) is 2.21. The van der Waals surface area contributed by atoms with E-state index in [1.807, 2.05) is 36.4 Å². The molecule has 0 amide bonds. The number of nitrogens with one attached hydrogen (secondary N) is 1. The normalized spacial score (nSPS) is 22.2. The summed E-state index contributed by atoms with van der Waals surface area (Å²) in [7, 11) is 0. The van der Waals surface area contributed by atoms with Gasteiger partial charge < -0.3 is 19.5 Å². The molecule has 25 heavy (non-hydrogen) atoms. The van der Waals surface area contributed by atoms with E-state index in [1.165, 1.54) is 6.42 Å². The lowest BCUT2D eigenvalue weighted by atomic mass is 10.1. The van der Waals surface area contributed by atoms with Crippen LogP contribution < -0.4 is 10.1 Å². The summed E-state index contributed by atoms with van der Waals surface area (Å²) in [4.78, 5) is 4.69. The summed E-state index contributed by atoms with van der Waals surface area (Å²) >= 11 is 0. The van der Waals surface area contributed by atoms with Crippen LogP contribution in [0, 0.1) is 0 Å². The van der Waals surface area contributed by atoms with Crippen molar-refractivity contribution in [3.05, 3.63) is 48.0 Å². The quantitative estimate of drug-likeness (QED) is 0.905. The molecule has 5 heteroatoms. The number of rotatable bonds is 5. The average molecular weight is 340 g/mol. The minimum absolute atomic E-state index is 0.108. The third-order valence-corrected chi connectivity index (χ3v) is 4.77. The number of hydrogen-bond donors (Lipinski definition) is 1. The Kier molecular flexibility index (Phi) is 4.97. The first-order valence-electron chi connectivity index (χ1n) is 9.00. The van der Waals surface area contributed by atoms with Crippen molar-refractivity contribution in [1.29, 1.82) is 0 Å². The van der Waals surface area contributed by atoms with Crippen LogP contribution in [-0.2, 0) is 9.47 Å². The largest absolute Gasteiger partial charge is 0.473 e. The summed E-state index contributed by atoms with van der Waals surface area (Å²) in [5, 5.41) is 3.48. The van der Waals surface area contributed by atoms with Gasteiger partial charge in [0.05, 0.1) is 18.9 Å². The highest BCUT2D eigenvalue weighted by Crippen LogP contribution is 2.28. The topological polar surface area (TPSA) is 52.6 Å². The smallest absolute Gasteiger partial charge is 0.214 e. The lowest BCUT2D eigenvalue weighted by Crippen LogP contribution is -2.36. The molecule has 0 bridgehead atoms. The molecular formula is C20H24N2O3. The highest BCUT2D eigenvalue weighted by atomic mass is 16.7. The Balaban J connectivity index is 1.51. The third kappa shape index (κ3) is 3.84. The summed E-state index contributed by atoms with van der Waals surface area (Å²) < 4.78 is 17.2. The van der Waals surface area contributed by atoms with Gasteiger partial charge in [0.2, 0.25) is 5.88 Å². The first-order valence-corrected chi connectivity index (χ1v) is 9.00. The molecule has 2 saturated heterocycles. The van der Waals surface area contributed by atoms with Gasteiger partial charge in [0.15, 0.2) is 6.29 Å². The fourth-order valence-electron chi connectivity index (χ4n) is 3.42. The first-order chi connectivity index (χ1) is 12.3. The molecule has 4 rings (SSSR count). The number of hydrogen-bond acceptors (Lipinski definition) is 5. The van der Waals surface area contributed by atoms with Gasteiger partial charge in [-0.05, 0) is 38.4 Å². The summed E-state index contributed by atoms with van der Waals surface area (Å²) in [5.74, 6) is 0.664. The molecular weight excluding hydrogens is 316 g/mol. The third-order valence-electron chi connectivity index (χ3n) is 4.77. The van der Waals surface area contributed by atoms with Gasteiger partial charge in [-0.15, -0.1) is 0 Å². The molecule has 0 saturated carbocycles. The van der Waals surface area contributed by atoms with E-state index >= 15 is 0 Å². The minimum Gasteiger partial charge on any atom is -0.473 e. The predicted octanol–water partition coefficient (Wildman–Crippen LogP) is 3.31. The van der Waals surface area contributed by atoms with Crippen LogP contribution >= 0.6 is 0 Å². The molecule has 1 aromatic carbocycles. The van der Waals surface area contributed by atoms with Crippen molar-refractivity contribution in [2.45, 2.75) is 38.2 Å². The van der Waals surface area contributed by atoms with E-state index in [0.29, 0.717) is 25.1 Å². The second-order valence-electron chi connectivity index (χ2n) is 6.59. The summed E-state index contributed by atoms with van der Waals surface area (Å²) in [5.41, 5.74) is 2.95. The van der Waals surface area contributed by atoms with Crippen molar-refractivity contribution >= 4 is 0 Å². The van der Waals surface area contributed by atoms with Crippen molar-refractivity contribution in [3.8, 4) is 17.1 Å². The lowest BCUT2D eigenvalue weighted by Gasteiger charge is -2.20. The van der Waals surface area contributed by atoms with E-state index in [-0.39, 0.29) is 12.4 Å². The second-order valence-corrected chi connectivity index (χ2v) is 6.59. The van der Waals surface area contributed by atoms with Crippen LogP contribution in [0.4, 0.5) is 0 Å². The molecule has 5 nitrogen and oxygen atoms in total. The lowest BCUT2D eigenvalue weighted by molar-refractivity contribution is -0.0440. The Morgan fingerprint density at radius 3 is 2.80 bits per heavy atom. The zero-order chi connectivity index (χ0) is 17.1. The molecule has 2 aromatic rings. The predicted molar refractivity (Wildman–Crippen MR) is 95.4 cm³/mol. The Hall–Kier alpha value is -1.95. The molecule has 0 radical (unpaired) electrons. The van der Waals surface area contributed by atoms with E-state index in [4.69, 9.17) is 19.2 Å². The Morgan fingerprint density at radius 2 is 2.00 bits per heavy atom. The fourth-order valence-corrected chi connectivity index (χ4v) is 3.42. The molecule has 1 aromatic heterocycles. The Morgan fingerprint density at radius 1 is 1.16 bits per heavy atom. The van der Waals surface area contributed by atoms with Crippen LogP contribution in [-0.4, -0.2) is 36.9 Å². The number of pyridine rings is 1.